The van der Waals surface area contributed by atoms with Gasteiger partial charge >= 0.3 is 5.97 Å². The molecule has 1 amide bonds. The van der Waals surface area contributed by atoms with Gasteiger partial charge in [-0.25, -0.2) is 13.2 Å². The Labute approximate surface area is 195 Å². The first-order chi connectivity index (χ1) is 16.0. The van der Waals surface area contributed by atoms with Gasteiger partial charge < -0.3 is 10.1 Å². The molecule has 0 radical (unpaired) electrons. The highest BCUT2D eigenvalue weighted by Crippen LogP contribution is 2.20. The number of carbonyl (C=O) groups is 2. The number of hydrogen-bond acceptors (Lipinski definition) is 7. The molecule has 10 nitrogen and oxygen atoms in total. The van der Waals surface area contributed by atoms with E-state index in [0.717, 1.165) is 5.56 Å². The third kappa shape index (κ3) is 6.17. The summed E-state index contributed by atoms with van der Waals surface area (Å²) in [5.41, 5.74) is 1.05. The van der Waals surface area contributed by atoms with Crippen molar-refractivity contribution in [3.05, 3.63) is 94.0 Å². The lowest BCUT2D eigenvalue weighted by Crippen LogP contribution is -2.30. The normalized spacial score (nSPS) is 11.8. The van der Waals surface area contributed by atoms with Crippen molar-refractivity contribution >= 4 is 39.0 Å². The smallest absolute Gasteiger partial charge is 0.338 e. The maximum atomic E-state index is 12.6. The molecule has 0 aliphatic rings. The van der Waals surface area contributed by atoms with Crippen LogP contribution in [0.15, 0.2) is 77.7 Å². The molecule has 2 N–H and O–H groups in total. The van der Waals surface area contributed by atoms with E-state index >= 15 is 0 Å². The van der Waals surface area contributed by atoms with Crippen LogP contribution in [-0.2, 0) is 19.6 Å². The highest BCUT2D eigenvalue weighted by molar-refractivity contribution is 7.92. The number of rotatable bonds is 8. The van der Waals surface area contributed by atoms with Gasteiger partial charge in [0.05, 0.1) is 15.4 Å². The Kier molecular flexibility index (Phi) is 7.27. The minimum atomic E-state index is -3.87. The molecular formula is C23H21N3O7S. The number of amides is 1. The number of aryl methyl sites for hydroxylation is 1. The van der Waals surface area contributed by atoms with Gasteiger partial charge in [-0.2, -0.15) is 0 Å². The highest BCUT2D eigenvalue weighted by atomic mass is 32.2. The minimum absolute atomic E-state index is 0.0269. The van der Waals surface area contributed by atoms with Crippen LogP contribution in [0.2, 0.25) is 0 Å². The maximum absolute atomic E-state index is 12.6. The monoisotopic (exact) mass is 483 g/mol. The van der Waals surface area contributed by atoms with Crippen LogP contribution in [0.5, 0.6) is 0 Å². The Bertz CT molecular complexity index is 1340. The lowest BCUT2D eigenvalue weighted by atomic mass is 10.2. The summed E-state index contributed by atoms with van der Waals surface area (Å²) in [4.78, 5) is 35.2. The van der Waals surface area contributed by atoms with Gasteiger partial charge in [0.2, 0.25) is 0 Å². The van der Waals surface area contributed by atoms with Crippen LogP contribution in [0, 0.1) is 17.0 Å². The van der Waals surface area contributed by atoms with Crippen LogP contribution in [0.4, 0.5) is 17.1 Å². The number of ether oxygens (including phenoxy) is 1. The summed E-state index contributed by atoms with van der Waals surface area (Å²) in [5.74, 6) is -1.54. The van der Waals surface area contributed by atoms with Gasteiger partial charge in [-0.15, -0.1) is 0 Å². The number of nitro groups is 1. The molecule has 176 valence electrons. The van der Waals surface area contributed by atoms with E-state index in [9.17, 15) is 28.1 Å². The largest absolute Gasteiger partial charge is 0.449 e. The third-order valence-corrected chi connectivity index (χ3v) is 6.06. The van der Waals surface area contributed by atoms with E-state index in [0.29, 0.717) is 0 Å². The second-order valence-corrected chi connectivity index (χ2v) is 9.03. The summed E-state index contributed by atoms with van der Waals surface area (Å²) in [6.45, 7) is 3.18. The zero-order chi connectivity index (χ0) is 24.9. The Morgan fingerprint density at radius 2 is 1.62 bits per heavy atom. The molecule has 0 saturated carbocycles. The molecule has 1 atom stereocenters. The number of benzene rings is 3. The fourth-order valence-corrected chi connectivity index (χ4v) is 3.91. The number of nitrogens with one attached hydrogen (secondary N) is 2. The number of anilines is 2. The molecule has 0 fully saturated rings. The molecule has 0 heterocycles. The number of carbonyl (C=O) groups excluding carboxylic acids is 2. The van der Waals surface area contributed by atoms with Crippen molar-refractivity contribution in [3.63, 3.8) is 0 Å². The van der Waals surface area contributed by atoms with Crippen molar-refractivity contribution in [2.24, 2.45) is 0 Å². The summed E-state index contributed by atoms with van der Waals surface area (Å²) < 4.78 is 32.7. The first-order valence-corrected chi connectivity index (χ1v) is 11.5. The van der Waals surface area contributed by atoms with E-state index < -0.39 is 32.9 Å². The summed E-state index contributed by atoms with van der Waals surface area (Å²) in [7, 11) is -3.87. The summed E-state index contributed by atoms with van der Waals surface area (Å²) in [6, 6.07) is 17.3. The van der Waals surface area contributed by atoms with Crippen LogP contribution in [0.25, 0.3) is 0 Å². The third-order valence-electron chi connectivity index (χ3n) is 4.66. The Hall–Kier alpha value is -4.25. The van der Waals surface area contributed by atoms with Gasteiger partial charge in [0, 0.05) is 23.5 Å². The SMILES string of the molecule is Cc1ccc(S(=O)(=O)Nc2cccc(C(=O)O[C@H](C)C(=O)Nc3cccc([N+](=O)[O-])c3)c2)cc1. The minimum Gasteiger partial charge on any atom is -0.449 e. The molecule has 3 aromatic rings. The van der Waals surface area contributed by atoms with E-state index in [-0.39, 0.29) is 27.5 Å². The number of hydrogen-bond donors (Lipinski definition) is 2. The summed E-state index contributed by atoms with van der Waals surface area (Å²) >= 11 is 0. The molecule has 3 rings (SSSR count). The topological polar surface area (TPSA) is 145 Å². The fraction of sp³-hybridized carbons (Fsp3) is 0.130. The predicted molar refractivity (Wildman–Crippen MR) is 125 cm³/mol. The second-order valence-electron chi connectivity index (χ2n) is 7.34. The van der Waals surface area contributed by atoms with Crippen LogP contribution in [0.1, 0.15) is 22.8 Å². The molecule has 0 aliphatic carbocycles. The molecule has 0 saturated heterocycles. The molecule has 34 heavy (non-hydrogen) atoms. The maximum Gasteiger partial charge on any atom is 0.338 e. The molecule has 0 aliphatic heterocycles. The molecular weight excluding hydrogens is 462 g/mol. The average molecular weight is 484 g/mol. The Morgan fingerprint density at radius 3 is 2.29 bits per heavy atom. The average Bonchev–Trinajstić information content (AvgIpc) is 2.79. The molecule has 0 bridgehead atoms. The number of esters is 1. The van der Waals surface area contributed by atoms with Crippen LogP contribution in [-0.4, -0.2) is 31.3 Å². The number of non-ortho nitro benzene ring substituents is 1. The first kappa shape index (κ1) is 24.4. The standard InChI is InChI=1S/C23H21N3O7S/c1-15-9-11-21(12-10-15)34(31,32)25-19-7-3-5-17(13-19)23(28)33-16(2)22(27)24-18-6-4-8-20(14-18)26(29)30/h3-14,16,25H,1-2H3,(H,24,27)/t16-/m1/s1. The highest BCUT2D eigenvalue weighted by Gasteiger charge is 2.21. The summed E-state index contributed by atoms with van der Waals surface area (Å²) in [5, 5.41) is 13.3. The van der Waals surface area contributed by atoms with E-state index in [1.54, 1.807) is 12.1 Å². The number of sulfonamides is 1. The van der Waals surface area contributed by atoms with Crippen LogP contribution in [0.3, 0.4) is 0 Å². The molecule has 0 spiro atoms. The lowest BCUT2D eigenvalue weighted by molar-refractivity contribution is -0.384. The van der Waals surface area contributed by atoms with E-state index in [4.69, 9.17) is 4.74 Å². The predicted octanol–water partition coefficient (Wildman–Crippen LogP) is 3.89. The van der Waals surface area contributed by atoms with Crippen molar-refractivity contribution in [1.29, 1.82) is 0 Å². The number of nitrogens with zero attached hydrogens (tertiary/aromatic N) is 1. The summed E-state index contributed by atoms with van der Waals surface area (Å²) in [6.07, 6.45) is -1.22. The number of nitro benzene ring substituents is 1. The lowest BCUT2D eigenvalue weighted by Gasteiger charge is -2.14. The van der Waals surface area contributed by atoms with E-state index in [1.807, 2.05) is 6.92 Å². The van der Waals surface area contributed by atoms with Crippen LogP contribution < -0.4 is 10.0 Å². The Morgan fingerprint density at radius 1 is 0.971 bits per heavy atom. The molecule has 0 unspecified atom stereocenters. The van der Waals surface area contributed by atoms with Crippen LogP contribution >= 0.6 is 0 Å². The second kappa shape index (κ2) is 10.1. The van der Waals surface area contributed by atoms with Gasteiger partial charge in [-0.3, -0.25) is 19.6 Å². The van der Waals surface area contributed by atoms with E-state index in [2.05, 4.69) is 10.0 Å². The van der Waals surface area contributed by atoms with Gasteiger partial charge in [0.1, 0.15) is 0 Å². The zero-order valence-electron chi connectivity index (χ0n) is 18.2. The van der Waals surface area contributed by atoms with Crippen molar-refractivity contribution in [3.8, 4) is 0 Å². The van der Waals surface area contributed by atoms with Gasteiger partial charge in [0.15, 0.2) is 6.10 Å². The van der Waals surface area contributed by atoms with Crippen molar-refractivity contribution < 1.29 is 27.7 Å². The van der Waals surface area contributed by atoms with Crippen molar-refractivity contribution in [2.45, 2.75) is 24.8 Å². The zero-order valence-corrected chi connectivity index (χ0v) is 19.0. The first-order valence-electron chi connectivity index (χ1n) is 10.0. The molecule has 11 heteroatoms. The fourth-order valence-electron chi connectivity index (χ4n) is 2.86. The van der Waals surface area contributed by atoms with Gasteiger partial charge in [0.25, 0.3) is 21.6 Å². The molecule has 0 aromatic heterocycles. The van der Waals surface area contributed by atoms with Gasteiger partial charge in [-0.1, -0.05) is 29.8 Å². The van der Waals surface area contributed by atoms with Crippen molar-refractivity contribution in [2.75, 3.05) is 10.0 Å². The van der Waals surface area contributed by atoms with E-state index in [1.165, 1.54) is 67.6 Å². The van der Waals surface area contributed by atoms with Gasteiger partial charge in [-0.05, 0) is 50.2 Å². The Balaban J connectivity index is 1.66. The quantitative estimate of drug-likeness (QED) is 0.281. The molecule has 3 aromatic carbocycles. The van der Waals surface area contributed by atoms with Crippen molar-refractivity contribution in [1.82, 2.24) is 0 Å².